The molecule has 1 saturated heterocycles. The molecule has 1 fully saturated rings. The molecule has 0 spiro atoms. The lowest BCUT2D eigenvalue weighted by molar-refractivity contribution is -0.138. The number of fused-ring (bicyclic) bond motifs is 1. The minimum atomic E-state index is -0.150. The summed E-state index contributed by atoms with van der Waals surface area (Å²) in [6, 6.07) is 14.4. The van der Waals surface area contributed by atoms with Crippen LogP contribution < -0.4 is 5.73 Å². The van der Waals surface area contributed by atoms with E-state index in [0.29, 0.717) is 19.5 Å². The van der Waals surface area contributed by atoms with Gasteiger partial charge < -0.3 is 10.6 Å². The van der Waals surface area contributed by atoms with E-state index < -0.39 is 0 Å². The lowest BCUT2D eigenvalue weighted by Crippen LogP contribution is -2.68. The molecule has 2 aromatic rings. The van der Waals surface area contributed by atoms with Crippen LogP contribution in [0.1, 0.15) is 25.3 Å². The second-order valence-corrected chi connectivity index (χ2v) is 6.18. The van der Waals surface area contributed by atoms with Crippen molar-refractivity contribution in [3.05, 3.63) is 48.0 Å². The summed E-state index contributed by atoms with van der Waals surface area (Å²) in [5, 5.41) is 2.35. The van der Waals surface area contributed by atoms with Crippen molar-refractivity contribution in [3.8, 4) is 0 Å². The van der Waals surface area contributed by atoms with Gasteiger partial charge in [0.1, 0.15) is 0 Å². The van der Waals surface area contributed by atoms with Gasteiger partial charge in [-0.2, -0.15) is 0 Å². The Hall–Kier alpha value is -1.87. The number of hydrogen-bond donors (Lipinski definition) is 1. The molecule has 2 N–H and O–H groups in total. The van der Waals surface area contributed by atoms with Crippen LogP contribution in [0.5, 0.6) is 0 Å². The normalized spacial score (nSPS) is 16.8. The van der Waals surface area contributed by atoms with Gasteiger partial charge in [0.05, 0.1) is 12.0 Å². The van der Waals surface area contributed by atoms with Gasteiger partial charge in [-0.3, -0.25) is 4.79 Å². The summed E-state index contributed by atoms with van der Waals surface area (Å²) in [5.74, 6) is 0.184. The molecule has 3 rings (SSSR count). The highest BCUT2D eigenvalue weighted by Crippen LogP contribution is 2.25. The van der Waals surface area contributed by atoms with Gasteiger partial charge >= 0.3 is 0 Å². The van der Waals surface area contributed by atoms with Crippen LogP contribution >= 0.6 is 0 Å². The van der Waals surface area contributed by atoms with Crippen molar-refractivity contribution in [1.29, 1.82) is 0 Å². The third-order valence-corrected chi connectivity index (χ3v) is 4.33. The number of hydrogen-bond acceptors (Lipinski definition) is 2. The molecule has 0 bridgehead atoms. The van der Waals surface area contributed by atoms with Crippen molar-refractivity contribution in [3.63, 3.8) is 0 Å². The molecule has 1 aliphatic heterocycles. The minimum Gasteiger partial charge on any atom is -0.339 e. The topological polar surface area (TPSA) is 46.3 Å². The van der Waals surface area contributed by atoms with Crippen molar-refractivity contribution < 1.29 is 4.79 Å². The van der Waals surface area contributed by atoms with Crippen LogP contribution in [0.2, 0.25) is 0 Å². The minimum absolute atomic E-state index is 0.150. The first-order chi connectivity index (χ1) is 10.1. The van der Waals surface area contributed by atoms with Gasteiger partial charge in [0, 0.05) is 13.1 Å². The number of carbonyl (C=O) groups is 1. The van der Waals surface area contributed by atoms with Crippen LogP contribution in [-0.2, 0) is 11.2 Å². The van der Waals surface area contributed by atoms with Crippen molar-refractivity contribution >= 4 is 16.7 Å². The Kier molecular flexibility index (Phi) is 3.68. The zero-order valence-corrected chi connectivity index (χ0v) is 12.5. The average Bonchev–Trinajstić information content (AvgIpc) is 2.45. The van der Waals surface area contributed by atoms with Crippen LogP contribution in [-0.4, -0.2) is 29.4 Å². The Bertz CT molecular complexity index is 654. The maximum atomic E-state index is 12.4. The third kappa shape index (κ3) is 2.79. The molecule has 0 unspecified atom stereocenters. The first-order valence-electron chi connectivity index (χ1n) is 7.65. The van der Waals surface area contributed by atoms with Crippen molar-refractivity contribution in [2.75, 3.05) is 13.1 Å². The molecule has 110 valence electrons. The predicted octanol–water partition coefficient (Wildman–Crippen LogP) is 2.72. The number of amides is 1. The van der Waals surface area contributed by atoms with Crippen LogP contribution in [0.25, 0.3) is 10.8 Å². The van der Waals surface area contributed by atoms with Crippen LogP contribution in [0.4, 0.5) is 0 Å². The van der Waals surface area contributed by atoms with Crippen LogP contribution in [0.15, 0.2) is 42.5 Å². The fourth-order valence-corrected chi connectivity index (χ4v) is 3.27. The molecule has 3 heteroatoms. The fourth-order valence-electron chi connectivity index (χ4n) is 3.27. The van der Waals surface area contributed by atoms with Crippen molar-refractivity contribution in [2.45, 2.75) is 31.7 Å². The summed E-state index contributed by atoms with van der Waals surface area (Å²) in [4.78, 5) is 14.3. The summed E-state index contributed by atoms with van der Waals surface area (Å²) >= 11 is 0. The molecule has 3 nitrogen and oxygen atoms in total. The highest BCUT2D eigenvalue weighted by atomic mass is 16.2. The monoisotopic (exact) mass is 282 g/mol. The summed E-state index contributed by atoms with van der Waals surface area (Å²) in [7, 11) is 0. The maximum Gasteiger partial charge on any atom is 0.227 e. The molecular formula is C18H22N2O. The standard InChI is InChI=1S/C18H22N2O/c1-2-10-18(19)12-20(13-18)17(21)11-15-8-5-7-14-6-3-4-9-16(14)15/h3-9H,2,10-13,19H2,1H3. The van der Waals surface area contributed by atoms with Crippen molar-refractivity contribution in [2.24, 2.45) is 5.73 Å². The number of carbonyl (C=O) groups excluding carboxylic acids is 1. The zero-order chi connectivity index (χ0) is 14.9. The molecule has 2 aromatic carbocycles. The Labute approximate surface area is 125 Å². The number of likely N-dealkylation sites (tertiary alicyclic amines) is 1. The van der Waals surface area contributed by atoms with Gasteiger partial charge in [-0.05, 0) is 22.8 Å². The third-order valence-electron chi connectivity index (χ3n) is 4.33. The molecule has 1 amide bonds. The average molecular weight is 282 g/mol. The highest BCUT2D eigenvalue weighted by Gasteiger charge is 2.40. The second kappa shape index (κ2) is 5.49. The van der Waals surface area contributed by atoms with Gasteiger partial charge in [0.2, 0.25) is 5.91 Å². The Morgan fingerprint density at radius 3 is 2.67 bits per heavy atom. The maximum absolute atomic E-state index is 12.4. The predicted molar refractivity (Wildman–Crippen MR) is 86.1 cm³/mol. The quantitative estimate of drug-likeness (QED) is 0.937. The summed E-state index contributed by atoms with van der Waals surface area (Å²) in [6.07, 6.45) is 2.52. The second-order valence-electron chi connectivity index (χ2n) is 6.18. The number of nitrogens with zero attached hydrogens (tertiary/aromatic N) is 1. The molecular weight excluding hydrogens is 260 g/mol. The van der Waals surface area contributed by atoms with E-state index in [-0.39, 0.29) is 11.4 Å². The van der Waals surface area contributed by atoms with Crippen molar-refractivity contribution in [1.82, 2.24) is 4.90 Å². The SMILES string of the molecule is CCCC1(N)CN(C(=O)Cc2cccc3ccccc23)C1. The molecule has 1 heterocycles. The van der Waals surface area contributed by atoms with E-state index in [4.69, 9.17) is 5.73 Å². The van der Waals surface area contributed by atoms with E-state index in [2.05, 4.69) is 25.1 Å². The molecule has 21 heavy (non-hydrogen) atoms. The van der Waals surface area contributed by atoms with Crippen LogP contribution in [0, 0.1) is 0 Å². The molecule has 1 aliphatic rings. The van der Waals surface area contributed by atoms with E-state index >= 15 is 0 Å². The van der Waals surface area contributed by atoms with Gasteiger partial charge in [-0.15, -0.1) is 0 Å². The molecule has 0 atom stereocenters. The van der Waals surface area contributed by atoms with E-state index in [1.165, 1.54) is 10.8 Å². The molecule has 0 aliphatic carbocycles. The number of rotatable bonds is 4. The highest BCUT2D eigenvalue weighted by molar-refractivity contribution is 5.90. The van der Waals surface area contributed by atoms with Gasteiger partial charge in [0.25, 0.3) is 0 Å². The van der Waals surface area contributed by atoms with Gasteiger partial charge in [-0.1, -0.05) is 55.8 Å². The first-order valence-corrected chi connectivity index (χ1v) is 7.65. The number of benzene rings is 2. The molecule has 0 radical (unpaired) electrons. The van der Waals surface area contributed by atoms with E-state index in [9.17, 15) is 4.79 Å². The largest absolute Gasteiger partial charge is 0.339 e. The first kappa shape index (κ1) is 14.1. The number of nitrogens with two attached hydrogens (primary N) is 1. The van der Waals surface area contributed by atoms with Gasteiger partial charge in [-0.25, -0.2) is 0 Å². The fraction of sp³-hybridized carbons (Fsp3) is 0.389. The Balaban J connectivity index is 1.71. The molecule has 0 saturated carbocycles. The molecule has 0 aromatic heterocycles. The summed E-state index contributed by atoms with van der Waals surface area (Å²) < 4.78 is 0. The van der Waals surface area contributed by atoms with E-state index in [1.807, 2.05) is 29.2 Å². The summed E-state index contributed by atoms with van der Waals surface area (Å²) in [6.45, 7) is 3.53. The zero-order valence-electron chi connectivity index (χ0n) is 12.5. The van der Waals surface area contributed by atoms with Crippen LogP contribution in [0.3, 0.4) is 0 Å². The Morgan fingerprint density at radius 1 is 1.19 bits per heavy atom. The smallest absolute Gasteiger partial charge is 0.227 e. The lowest BCUT2D eigenvalue weighted by Gasteiger charge is -2.48. The van der Waals surface area contributed by atoms with E-state index in [1.54, 1.807) is 0 Å². The summed E-state index contributed by atoms with van der Waals surface area (Å²) in [5.41, 5.74) is 7.18. The van der Waals surface area contributed by atoms with Gasteiger partial charge in [0.15, 0.2) is 0 Å². The lowest BCUT2D eigenvalue weighted by atomic mass is 9.86. The van der Waals surface area contributed by atoms with E-state index in [0.717, 1.165) is 18.4 Å². The Morgan fingerprint density at radius 2 is 1.90 bits per heavy atom.